The van der Waals surface area contributed by atoms with E-state index in [9.17, 15) is 22.8 Å². The normalized spacial score (nSPS) is 13.8. The van der Waals surface area contributed by atoms with Crippen LogP contribution in [0.25, 0.3) is 10.6 Å². The van der Waals surface area contributed by atoms with Crippen molar-refractivity contribution in [3.05, 3.63) is 69.7 Å². The van der Waals surface area contributed by atoms with Gasteiger partial charge in [0.15, 0.2) is 5.60 Å². The monoisotopic (exact) mass is 532 g/mol. The highest BCUT2D eigenvalue weighted by Gasteiger charge is 2.33. The van der Waals surface area contributed by atoms with Crippen molar-refractivity contribution in [1.29, 1.82) is 0 Å². The number of esters is 1. The molecule has 0 saturated heterocycles. The highest BCUT2D eigenvalue weighted by atomic mass is 32.1. The SMILES string of the molecule is CCOC(=O)C(C)(C)Oc1ccc2c(c1)CCN(C(=O)c1sc(-c3ccc(C(F)(F)F)cc3)nc1C)C2. The maximum atomic E-state index is 13.3. The van der Waals surface area contributed by atoms with Gasteiger partial charge in [0.25, 0.3) is 5.91 Å². The van der Waals surface area contributed by atoms with Crippen LogP contribution in [0.3, 0.4) is 0 Å². The second-order valence-electron chi connectivity index (χ2n) is 9.25. The molecule has 1 amide bonds. The number of benzene rings is 2. The van der Waals surface area contributed by atoms with Gasteiger partial charge < -0.3 is 14.4 Å². The number of carbonyl (C=O) groups excluding carboxylic acids is 2. The molecule has 0 saturated carbocycles. The lowest BCUT2D eigenvalue weighted by Gasteiger charge is -2.30. The van der Waals surface area contributed by atoms with Crippen LogP contribution in [-0.2, 0) is 28.7 Å². The molecule has 0 N–H and O–H groups in total. The van der Waals surface area contributed by atoms with E-state index < -0.39 is 23.3 Å². The van der Waals surface area contributed by atoms with Crippen LogP contribution in [0.4, 0.5) is 13.2 Å². The van der Waals surface area contributed by atoms with Crippen LogP contribution in [0.15, 0.2) is 42.5 Å². The number of rotatable bonds is 6. The molecule has 3 aromatic rings. The Bertz CT molecular complexity index is 1320. The van der Waals surface area contributed by atoms with Crippen molar-refractivity contribution >= 4 is 23.2 Å². The molecule has 1 aliphatic heterocycles. The van der Waals surface area contributed by atoms with Gasteiger partial charge in [-0.05, 0) is 69.5 Å². The summed E-state index contributed by atoms with van der Waals surface area (Å²) in [5, 5.41) is 0.498. The Kier molecular flexibility index (Phi) is 7.32. The average molecular weight is 533 g/mol. The number of hydrogen-bond acceptors (Lipinski definition) is 6. The van der Waals surface area contributed by atoms with E-state index in [1.54, 1.807) is 38.7 Å². The summed E-state index contributed by atoms with van der Waals surface area (Å²) in [7, 11) is 0. The number of nitrogens with zero attached hydrogens (tertiary/aromatic N) is 2. The van der Waals surface area contributed by atoms with Crippen LogP contribution < -0.4 is 4.74 Å². The first-order valence-electron chi connectivity index (χ1n) is 11.8. The highest BCUT2D eigenvalue weighted by Crippen LogP contribution is 2.34. The second kappa shape index (κ2) is 10.2. The van der Waals surface area contributed by atoms with Crippen molar-refractivity contribution < 1.29 is 32.2 Å². The summed E-state index contributed by atoms with van der Waals surface area (Å²) in [6.07, 6.45) is -3.80. The fraction of sp³-hybridized carbons (Fsp3) is 0.370. The first-order chi connectivity index (χ1) is 17.4. The van der Waals surface area contributed by atoms with E-state index >= 15 is 0 Å². The molecular formula is C27H27F3N2O4S. The maximum absolute atomic E-state index is 13.3. The number of aromatic nitrogens is 1. The summed E-state index contributed by atoms with van der Waals surface area (Å²) < 4.78 is 49.6. The van der Waals surface area contributed by atoms with Gasteiger partial charge in [-0.2, -0.15) is 13.2 Å². The number of halogens is 3. The number of aryl methyl sites for hydroxylation is 1. The summed E-state index contributed by atoms with van der Waals surface area (Å²) in [5.74, 6) is -0.0567. The number of ether oxygens (including phenoxy) is 2. The lowest BCUT2D eigenvalue weighted by atomic mass is 9.99. The van der Waals surface area contributed by atoms with E-state index in [0.717, 1.165) is 23.3 Å². The Morgan fingerprint density at radius 1 is 1.08 bits per heavy atom. The zero-order chi connectivity index (χ0) is 27.0. The van der Waals surface area contributed by atoms with E-state index in [-0.39, 0.29) is 12.5 Å². The molecule has 0 aliphatic carbocycles. The number of amides is 1. The van der Waals surface area contributed by atoms with Crippen LogP contribution in [0, 0.1) is 6.92 Å². The maximum Gasteiger partial charge on any atom is 0.416 e. The van der Waals surface area contributed by atoms with E-state index in [0.29, 0.717) is 46.4 Å². The standard InChI is InChI=1S/C27H27F3N2O4S/c1-5-35-25(34)26(3,4)36-21-11-8-19-15-32(13-12-18(19)14-21)24(33)22-16(2)31-23(37-22)17-6-9-20(10-7-17)27(28,29)30/h6-11,14H,5,12-13,15H2,1-4H3. The van der Waals surface area contributed by atoms with Gasteiger partial charge >= 0.3 is 12.1 Å². The molecule has 1 aromatic heterocycles. The van der Waals surface area contributed by atoms with Gasteiger partial charge in [0, 0.05) is 18.7 Å². The minimum atomic E-state index is -4.41. The van der Waals surface area contributed by atoms with Gasteiger partial charge in [-0.1, -0.05) is 18.2 Å². The third-order valence-electron chi connectivity index (χ3n) is 6.07. The van der Waals surface area contributed by atoms with Gasteiger partial charge in [-0.3, -0.25) is 4.79 Å². The van der Waals surface area contributed by atoms with Crippen molar-refractivity contribution in [3.8, 4) is 16.3 Å². The Labute approximate surface area is 217 Å². The predicted molar refractivity (Wildman–Crippen MR) is 134 cm³/mol. The second-order valence-corrected chi connectivity index (χ2v) is 10.2. The smallest absolute Gasteiger partial charge is 0.416 e. The minimum absolute atomic E-state index is 0.164. The van der Waals surface area contributed by atoms with Crippen LogP contribution in [-0.4, -0.2) is 40.5 Å². The first kappa shape index (κ1) is 26.7. The molecule has 4 rings (SSSR count). The van der Waals surface area contributed by atoms with Gasteiger partial charge in [0.2, 0.25) is 0 Å². The summed E-state index contributed by atoms with van der Waals surface area (Å²) in [6, 6.07) is 10.3. The van der Waals surface area contributed by atoms with Crippen LogP contribution in [0.2, 0.25) is 0 Å². The number of thiazole rings is 1. The third-order valence-corrected chi connectivity index (χ3v) is 7.26. The molecule has 0 fully saturated rings. The zero-order valence-corrected chi connectivity index (χ0v) is 21.8. The van der Waals surface area contributed by atoms with E-state index in [1.165, 1.54) is 23.5 Å². The summed E-state index contributed by atoms with van der Waals surface area (Å²) in [6.45, 7) is 7.94. The largest absolute Gasteiger partial charge is 0.476 e. The van der Waals surface area contributed by atoms with Crippen molar-refractivity contribution in [2.24, 2.45) is 0 Å². The van der Waals surface area contributed by atoms with Crippen molar-refractivity contribution in [2.75, 3.05) is 13.2 Å². The molecule has 1 aliphatic rings. The van der Waals surface area contributed by atoms with Gasteiger partial charge in [0.1, 0.15) is 15.6 Å². The van der Waals surface area contributed by atoms with Crippen LogP contribution >= 0.6 is 11.3 Å². The van der Waals surface area contributed by atoms with Gasteiger partial charge in [-0.15, -0.1) is 11.3 Å². The average Bonchev–Trinajstić information content (AvgIpc) is 3.24. The zero-order valence-electron chi connectivity index (χ0n) is 20.9. The van der Waals surface area contributed by atoms with E-state index in [4.69, 9.17) is 9.47 Å². The molecular weight excluding hydrogens is 505 g/mol. The Morgan fingerprint density at radius 2 is 1.78 bits per heavy atom. The molecule has 37 heavy (non-hydrogen) atoms. The Balaban J connectivity index is 1.47. The summed E-state index contributed by atoms with van der Waals surface area (Å²) >= 11 is 1.18. The Morgan fingerprint density at radius 3 is 2.43 bits per heavy atom. The molecule has 10 heteroatoms. The topological polar surface area (TPSA) is 68.7 Å². The molecule has 0 spiro atoms. The predicted octanol–water partition coefficient (Wildman–Crippen LogP) is 6.06. The van der Waals surface area contributed by atoms with Crippen molar-refractivity contribution in [1.82, 2.24) is 9.88 Å². The molecule has 0 atom stereocenters. The number of hydrogen-bond donors (Lipinski definition) is 0. The number of fused-ring (bicyclic) bond motifs is 1. The van der Waals surface area contributed by atoms with E-state index in [1.807, 2.05) is 12.1 Å². The highest BCUT2D eigenvalue weighted by molar-refractivity contribution is 7.17. The molecule has 2 aromatic carbocycles. The summed E-state index contributed by atoms with van der Waals surface area (Å²) in [4.78, 5) is 32.1. The van der Waals surface area contributed by atoms with Crippen LogP contribution in [0.1, 0.15) is 52.8 Å². The Hall–Kier alpha value is -3.40. The quantitative estimate of drug-likeness (QED) is 0.361. The lowest BCUT2D eigenvalue weighted by molar-refractivity contribution is -0.158. The molecule has 2 heterocycles. The van der Waals surface area contributed by atoms with Crippen LogP contribution in [0.5, 0.6) is 5.75 Å². The van der Waals surface area contributed by atoms with Crippen molar-refractivity contribution in [3.63, 3.8) is 0 Å². The molecule has 0 bridgehead atoms. The number of carbonyl (C=O) groups is 2. The van der Waals surface area contributed by atoms with Crippen molar-refractivity contribution in [2.45, 2.75) is 52.4 Å². The fourth-order valence-electron chi connectivity index (χ4n) is 4.07. The molecule has 196 valence electrons. The third kappa shape index (κ3) is 5.79. The molecule has 0 unspecified atom stereocenters. The first-order valence-corrected chi connectivity index (χ1v) is 12.6. The van der Waals surface area contributed by atoms with E-state index in [2.05, 4.69) is 4.98 Å². The van der Waals surface area contributed by atoms with Gasteiger partial charge in [-0.25, -0.2) is 9.78 Å². The van der Waals surface area contributed by atoms with Gasteiger partial charge in [0.05, 0.1) is 17.9 Å². The fourth-order valence-corrected chi connectivity index (χ4v) is 5.11. The minimum Gasteiger partial charge on any atom is -0.476 e. The summed E-state index contributed by atoms with van der Waals surface area (Å²) in [5.41, 5.74) is 1.22. The molecule has 6 nitrogen and oxygen atoms in total. The number of alkyl halides is 3. The lowest BCUT2D eigenvalue weighted by Crippen LogP contribution is -2.40. The molecule has 0 radical (unpaired) electrons.